The summed E-state index contributed by atoms with van der Waals surface area (Å²) in [5.41, 5.74) is 3.76. The molecule has 2 N–H and O–H groups in total. The summed E-state index contributed by atoms with van der Waals surface area (Å²) in [7, 11) is 0. The predicted octanol–water partition coefficient (Wildman–Crippen LogP) is 2.87. The molecule has 3 rings (SSSR count). The first-order valence-corrected chi connectivity index (χ1v) is 8.65. The van der Waals surface area contributed by atoms with Gasteiger partial charge >= 0.3 is 0 Å². The number of carbonyl (C=O) groups excluding carboxylic acids is 1. The Bertz CT molecular complexity index is 1040. The van der Waals surface area contributed by atoms with Gasteiger partial charge in [0.1, 0.15) is 5.75 Å². The second-order valence-electron chi connectivity index (χ2n) is 5.96. The summed E-state index contributed by atoms with van der Waals surface area (Å²) in [5.74, 6) is 0.297. The van der Waals surface area contributed by atoms with Gasteiger partial charge in [-0.05, 0) is 49.2 Å². The fraction of sp³-hybridized carbons (Fsp3) is 0.200. The molecule has 0 spiro atoms. The fourth-order valence-corrected chi connectivity index (χ4v) is 2.55. The maximum atomic E-state index is 12.5. The number of rotatable bonds is 6. The molecule has 1 heterocycles. The number of ether oxygens (including phenoxy) is 1. The van der Waals surface area contributed by atoms with Gasteiger partial charge in [0.2, 0.25) is 0 Å². The molecular weight excluding hydrogens is 344 g/mol. The lowest BCUT2D eigenvalue weighted by Crippen LogP contribution is -2.23. The standard InChI is InChI=1S/C20H20N4O3/c1-3-12-27-15-10-8-14(9-11-15)13(2)21-24-20(26)18-16-6-4-5-7-17(16)19(25)23-22-18/h4-11H,3,12H2,1-2H3,(H,23,25)(H,24,26)/b21-13-. The van der Waals surface area contributed by atoms with Crippen molar-refractivity contribution in [3.63, 3.8) is 0 Å². The first-order valence-electron chi connectivity index (χ1n) is 8.65. The highest BCUT2D eigenvalue weighted by Crippen LogP contribution is 2.14. The molecule has 0 aliphatic carbocycles. The van der Waals surface area contributed by atoms with E-state index >= 15 is 0 Å². The van der Waals surface area contributed by atoms with Crippen LogP contribution in [-0.2, 0) is 0 Å². The van der Waals surface area contributed by atoms with Gasteiger partial charge in [0.25, 0.3) is 11.5 Å². The first kappa shape index (κ1) is 18.3. The summed E-state index contributed by atoms with van der Waals surface area (Å²) >= 11 is 0. The number of aromatic amines is 1. The molecule has 27 heavy (non-hydrogen) atoms. The smallest absolute Gasteiger partial charge is 0.292 e. The van der Waals surface area contributed by atoms with Crippen molar-refractivity contribution in [3.05, 3.63) is 70.1 Å². The average Bonchev–Trinajstić information content (AvgIpc) is 2.71. The quantitative estimate of drug-likeness (QED) is 0.519. The van der Waals surface area contributed by atoms with E-state index in [0.29, 0.717) is 23.1 Å². The maximum absolute atomic E-state index is 12.5. The van der Waals surface area contributed by atoms with Crippen LogP contribution in [0.1, 0.15) is 36.3 Å². The summed E-state index contributed by atoms with van der Waals surface area (Å²) in [6, 6.07) is 14.3. The van der Waals surface area contributed by atoms with Gasteiger partial charge in [0.15, 0.2) is 5.69 Å². The van der Waals surface area contributed by atoms with Gasteiger partial charge in [-0.15, -0.1) is 0 Å². The molecular formula is C20H20N4O3. The van der Waals surface area contributed by atoms with Crippen LogP contribution in [0, 0.1) is 0 Å². The van der Waals surface area contributed by atoms with Crippen LogP contribution >= 0.6 is 0 Å². The van der Waals surface area contributed by atoms with Crippen molar-refractivity contribution < 1.29 is 9.53 Å². The van der Waals surface area contributed by atoms with E-state index in [-0.39, 0.29) is 11.3 Å². The van der Waals surface area contributed by atoms with Crippen LogP contribution < -0.4 is 15.7 Å². The second-order valence-corrected chi connectivity index (χ2v) is 5.96. The summed E-state index contributed by atoms with van der Waals surface area (Å²) in [6.07, 6.45) is 0.946. The number of nitrogens with one attached hydrogen (secondary N) is 2. The van der Waals surface area contributed by atoms with Crippen molar-refractivity contribution >= 4 is 22.4 Å². The Morgan fingerprint density at radius 3 is 2.56 bits per heavy atom. The van der Waals surface area contributed by atoms with Crippen LogP contribution in [0.3, 0.4) is 0 Å². The monoisotopic (exact) mass is 364 g/mol. The van der Waals surface area contributed by atoms with Crippen molar-refractivity contribution in [1.82, 2.24) is 15.6 Å². The molecule has 0 bridgehead atoms. The predicted molar refractivity (Wildman–Crippen MR) is 104 cm³/mol. The van der Waals surface area contributed by atoms with Gasteiger partial charge in [-0.1, -0.05) is 25.1 Å². The number of fused-ring (bicyclic) bond motifs is 1. The van der Waals surface area contributed by atoms with Gasteiger partial charge in [-0.25, -0.2) is 10.5 Å². The van der Waals surface area contributed by atoms with Gasteiger partial charge < -0.3 is 4.74 Å². The average molecular weight is 364 g/mol. The zero-order valence-electron chi connectivity index (χ0n) is 15.2. The number of aromatic nitrogens is 2. The third-order valence-corrected chi connectivity index (χ3v) is 3.98. The molecule has 0 saturated heterocycles. The minimum atomic E-state index is -0.496. The highest BCUT2D eigenvalue weighted by atomic mass is 16.5. The van der Waals surface area contributed by atoms with Crippen molar-refractivity contribution in [2.24, 2.45) is 5.10 Å². The van der Waals surface area contributed by atoms with Crippen LogP contribution in [0.15, 0.2) is 58.4 Å². The molecule has 3 aromatic rings. The highest BCUT2D eigenvalue weighted by Gasteiger charge is 2.13. The Morgan fingerprint density at radius 2 is 1.85 bits per heavy atom. The number of H-pyrrole nitrogens is 1. The minimum Gasteiger partial charge on any atom is -0.494 e. The van der Waals surface area contributed by atoms with Gasteiger partial charge in [-0.2, -0.15) is 10.2 Å². The number of benzene rings is 2. The Hall–Kier alpha value is -3.48. The lowest BCUT2D eigenvalue weighted by Gasteiger charge is -2.07. The topological polar surface area (TPSA) is 96.4 Å². The van der Waals surface area contributed by atoms with Crippen molar-refractivity contribution in [2.45, 2.75) is 20.3 Å². The van der Waals surface area contributed by atoms with Crippen LogP contribution in [0.5, 0.6) is 5.75 Å². The molecule has 1 aromatic heterocycles. The number of nitrogens with zero attached hydrogens (tertiary/aromatic N) is 2. The normalized spacial score (nSPS) is 11.4. The number of carbonyl (C=O) groups is 1. The number of hydrogen-bond donors (Lipinski definition) is 2. The Morgan fingerprint density at radius 1 is 1.15 bits per heavy atom. The zero-order valence-corrected chi connectivity index (χ0v) is 15.2. The van der Waals surface area contributed by atoms with Gasteiger partial charge in [0, 0.05) is 5.39 Å². The largest absolute Gasteiger partial charge is 0.494 e. The maximum Gasteiger partial charge on any atom is 0.292 e. The summed E-state index contributed by atoms with van der Waals surface area (Å²) in [6.45, 7) is 4.51. The summed E-state index contributed by atoms with van der Waals surface area (Å²) in [4.78, 5) is 24.3. The van der Waals surface area contributed by atoms with Crippen LogP contribution in [0.4, 0.5) is 0 Å². The molecule has 7 heteroatoms. The van der Waals surface area contributed by atoms with E-state index in [4.69, 9.17) is 4.74 Å². The molecule has 138 valence electrons. The van der Waals surface area contributed by atoms with E-state index in [2.05, 4.69) is 20.7 Å². The molecule has 0 unspecified atom stereocenters. The van der Waals surface area contributed by atoms with Crippen molar-refractivity contribution in [2.75, 3.05) is 6.61 Å². The molecule has 0 atom stereocenters. The van der Waals surface area contributed by atoms with E-state index in [0.717, 1.165) is 17.7 Å². The SMILES string of the molecule is CCCOc1ccc(/C(C)=N\NC(=O)c2n[nH]c(=O)c3ccccc23)cc1. The number of hydrazone groups is 1. The Kier molecular flexibility index (Phi) is 5.61. The number of amides is 1. The number of hydrogen-bond acceptors (Lipinski definition) is 5. The molecule has 0 radical (unpaired) electrons. The van der Waals surface area contributed by atoms with E-state index in [1.807, 2.05) is 31.2 Å². The third kappa shape index (κ3) is 4.20. The highest BCUT2D eigenvalue weighted by molar-refractivity contribution is 6.06. The molecule has 1 amide bonds. The van der Waals surface area contributed by atoms with Gasteiger partial charge in [-0.3, -0.25) is 9.59 Å². The molecule has 2 aromatic carbocycles. The second kappa shape index (κ2) is 8.27. The molecule has 0 aliphatic rings. The minimum absolute atomic E-state index is 0.116. The lowest BCUT2D eigenvalue weighted by atomic mass is 10.1. The Labute approximate surface area is 156 Å². The van der Waals surface area contributed by atoms with Crippen LogP contribution in [0.25, 0.3) is 10.8 Å². The summed E-state index contributed by atoms with van der Waals surface area (Å²) < 4.78 is 5.55. The van der Waals surface area contributed by atoms with E-state index in [9.17, 15) is 9.59 Å². The van der Waals surface area contributed by atoms with Crippen molar-refractivity contribution in [1.29, 1.82) is 0 Å². The van der Waals surface area contributed by atoms with Crippen LogP contribution in [0.2, 0.25) is 0 Å². The molecule has 0 fully saturated rings. The summed E-state index contributed by atoms with van der Waals surface area (Å²) in [5, 5.41) is 11.2. The Balaban J connectivity index is 1.76. The lowest BCUT2D eigenvalue weighted by molar-refractivity contribution is 0.0950. The first-order chi connectivity index (χ1) is 13.1. The molecule has 0 saturated carbocycles. The fourth-order valence-electron chi connectivity index (χ4n) is 2.55. The van der Waals surface area contributed by atoms with Gasteiger partial charge in [0.05, 0.1) is 17.7 Å². The van der Waals surface area contributed by atoms with E-state index < -0.39 is 5.91 Å². The molecule has 7 nitrogen and oxygen atoms in total. The van der Waals surface area contributed by atoms with Crippen LogP contribution in [-0.4, -0.2) is 28.4 Å². The van der Waals surface area contributed by atoms with Crippen molar-refractivity contribution in [3.8, 4) is 5.75 Å². The van der Waals surface area contributed by atoms with E-state index in [1.54, 1.807) is 31.2 Å². The molecule has 0 aliphatic heterocycles. The zero-order chi connectivity index (χ0) is 19.2. The van der Waals surface area contributed by atoms with E-state index in [1.165, 1.54) is 0 Å². The third-order valence-electron chi connectivity index (χ3n) is 3.98.